The molecule has 1 unspecified atom stereocenters. The number of thiophene rings is 1. The van der Waals surface area contributed by atoms with Crippen LogP contribution in [0.4, 0.5) is 0 Å². The Labute approximate surface area is 116 Å². The van der Waals surface area contributed by atoms with Gasteiger partial charge < -0.3 is 15.2 Å². The first-order valence-corrected chi connectivity index (χ1v) is 7.19. The summed E-state index contributed by atoms with van der Waals surface area (Å²) in [4.78, 5) is 22.8. The highest BCUT2D eigenvalue weighted by atomic mass is 32.1. The van der Waals surface area contributed by atoms with Crippen LogP contribution in [0.25, 0.3) is 0 Å². The average molecular weight is 285 g/mol. The molecule has 19 heavy (non-hydrogen) atoms. The summed E-state index contributed by atoms with van der Waals surface area (Å²) in [5.74, 6) is -1.02. The lowest BCUT2D eigenvalue weighted by atomic mass is 10.2. The topological polar surface area (TPSA) is 75.6 Å². The maximum absolute atomic E-state index is 11.7. The number of carboxylic acid groups (broad SMARTS) is 1. The van der Waals surface area contributed by atoms with Gasteiger partial charge in [-0.05, 0) is 24.8 Å². The van der Waals surface area contributed by atoms with E-state index in [1.807, 2.05) is 0 Å². The van der Waals surface area contributed by atoms with Crippen LogP contribution in [0.5, 0.6) is 5.75 Å². The van der Waals surface area contributed by atoms with Gasteiger partial charge in [0.05, 0.1) is 0 Å². The Morgan fingerprint density at radius 1 is 1.47 bits per heavy atom. The fraction of sp³-hybridized carbons (Fsp3) is 0.538. The largest absolute Gasteiger partial charge is 0.479 e. The summed E-state index contributed by atoms with van der Waals surface area (Å²) in [5, 5.41) is 13.3. The number of hydrogen-bond acceptors (Lipinski definition) is 4. The first kappa shape index (κ1) is 15.5. The van der Waals surface area contributed by atoms with Crippen molar-refractivity contribution in [2.24, 2.45) is 0 Å². The first-order chi connectivity index (χ1) is 9.06. The number of amides is 1. The SMILES string of the molecule is CCCCCNC(=O)C(C)Oc1ccsc1C(=O)O. The number of hydrogen-bond donors (Lipinski definition) is 2. The molecule has 0 aliphatic carbocycles. The van der Waals surface area contributed by atoms with Crippen LogP contribution in [0.1, 0.15) is 42.8 Å². The predicted molar refractivity (Wildman–Crippen MR) is 73.9 cm³/mol. The second kappa shape index (κ2) is 7.78. The van der Waals surface area contributed by atoms with Crippen LogP contribution in [-0.2, 0) is 4.79 Å². The molecule has 0 aliphatic rings. The van der Waals surface area contributed by atoms with Gasteiger partial charge in [0.25, 0.3) is 5.91 Å². The number of carbonyl (C=O) groups is 2. The van der Waals surface area contributed by atoms with Gasteiger partial charge in [-0.3, -0.25) is 4.79 Å². The highest BCUT2D eigenvalue weighted by molar-refractivity contribution is 7.12. The van der Waals surface area contributed by atoms with E-state index in [0.717, 1.165) is 30.6 Å². The number of nitrogens with one attached hydrogen (secondary N) is 1. The standard InChI is InChI=1S/C13H19NO4S/c1-3-4-5-7-14-12(15)9(2)18-10-6-8-19-11(10)13(16)17/h6,8-9H,3-5,7H2,1-2H3,(H,14,15)(H,16,17). The Balaban J connectivity index is 2.45. The molecule has 5 nitrogen and oxygen atoms in total. The second-order valence-corrected chi connectivity index (χ2v) is 5.09. The van der Waals surface area contributed by atoms with E-state index in [0.29, 0.717) is 6.54 Å². The lowest BCUT2D eigenvalue weighted by Gasteiger charge is -2.14. The molecule has 1 amide bonds. The Kier molecular flexibility index (Phi) is 6.35. The number of aromatic carboxylic acids is 1. The molecular formula is C13H19NO4S. The molecule has 0 saturated carbocycles. The maximum atomic E-state index is 11.7. The Bertz CT molecular complexity index is 430. The van der Waals surface area contributed by atoms with Gasteiger partial charge in [-0.1, -0.05) is 19.8 Å². The monoisotopic (exact) mass is 285 g/mol. The minimum atomic E-state index is -1.04. The van der Waals surface area contributed by atoms with Crippen molar-refractivity contribution in [3.63, 3.8) is 0 Å². The third-order valence-corrected chi connectivity index (χ3v) is 3.46. The molecule has 0 saturated heterocycles. The van der Waals surface area contributed by atoms with Crippen molar-refractivity contribution in [3.05, 3.63) is 16.3 Å². The molecule has 2 N–H and O–H groups in total. The average Bonchev–Trinajstić information content (AvgIpc) is 2.82. The van der Waals surface area contributed by atoms with Gasteiger partial charge in [-0.25, -0.2) is 4.79 Å². The Hall–Kier alpha value is -1.56. The summed E-state index contributed by atoms with van der Waals surface area (Å²) >= 11 is 1.08. The van der Waals surface area contributed by atoms with E-state index in [4.69, 9.17) is 9.84 Å². The van der Waals surface area contributed by atoms with Crippen molar-refractivity contribution < 1.29 is 19.4 Å². The van der Waals surface area contributed by atoms with Crippen LogP contribution in [0.3, 0.4) is 0 Å². The number of rotatable bonds is 8. The van der Waals surface area contributed by atoms with Gasteiger partial charge in [0.2, 0.25) is 0 Å². The van der Waals surface area contributed by atoms with Crippen LogP contribution < -0.4 is 10.1 Å². The summed E-state index contributed by atoms with van der Waals surface area (Å²) in [6.45, 7) is 4.33. The molecule has 1 aromatic rings. The van der Waals surface area contributed by atoms with Crippen LogP contribution in [0.2, 0.25) is 0 Å². The van der Waals surface area contributed by atoms with Crippen molar-refractivity contribution in [3.8, 4) is 5.75 Å². The van der Waals surface area contributed by atoms with E-state index < -0.39 is 12.1 Å². The van der Waals surface area contributed by atoms with E-state index in [1.54, 1.807) is 18.4 Å². The molecule has 0 spiro atoms. The molecule has 1 heterocycles. The summed E-state index contributed by atoms with van der Waals surface area (Å²) in [6, 6.07) is 1.56. The summed E-state index contributed by atoms with van der Waals surface area (Å²) in [7, 11) is 0. The highest BCUT2D eigenvalue weighted by Gasteiger charge is 2.19. The molecule has 1 rings (SSSR count). The van der Waals surface area contributed by atoms with Gasteiger partial charge in [0, 0.05) is 6.54 Å². The lowest BCUT2D eigenvalue weighted by molar-refractivity contribution is -0.127. The summed E-state index contributed by atoms with van der Waals surface area (Å²) in [6.07, 6.45) is 2.41. The number of carbonyl (C=O) groups excluding carboxylic acids is 1. The van der Waals surface area contributed by atoms with Crippen LogP contribution in [-0.4, -0.2) is 29.6 Å². The zero-order valence-electron chi connectivity index (χ0n) is 11.1. The van der Waals surface area contributed by atoms with Crippen LogP contribution in [0, 0.1) is 0 Å². The molecule has 0 radical (unpaired) electrons. The fourth-order valence-corrected chi connectivity index (χ4v) is 2.18. The second-order valence-electron chi connectivity index (χ2n) is 4.18. The fourth-order valence-electron chi connectivity index (χ4n) is 1.52. The highest BCUT2D eigenvalue weighted by Crippen LogP contribution is 2.25. The molecule has 0 aromatic carbocycles. The maximum Gasteiger partial charge on any atom is 0.349 e. The van der Waals surface area contributed by atoms with Crippen LogP contribution >= 0.6 is 11.3 Å². The third-order valence-electron chi connectivity index (χ3n) is 2.58. The Morgan fingerprint density at radius 2 is 2.21 bits per heavy atom. The zero-order valence-corrected chi connectivity index (χ0v) is 12.0. The van der Waals surface area contributed by atoms with Gasteiger partial charge in [0.15, 0.2) is 11.0 Å². The third kappa shape index (κ3) is 4.90. The quantitative estimate of drug-likeness (QED) is 0.720. The molecule has 0 fully saturated rings. The summed E-state index contributed by atoms with van der Waals surface area (Å²) < 4.78 is 5.38. The van der Waals surface area contributed by atoms with E-state index in [9.17, 15) is 9.59 Å². The van der Waals surface area contributed by atoms with Gasteiger partial charge in [-0.2, -0.15) is 0 Å². The van der Waals surface area contributed by atoms with Crippen LogP contribution in [0.15, 0.2) is 11.4 Å². The minimum Gasteiger partial charge on any atom is -0.479 e. The number of unbranched alkanes of at least 4 members (excludes halogenated alkanes) is 2. The predicted octanol–water partition coefficient (Wildman–Crippen LogP) is 2.52. The number of carboxylic acids is 1. The van der Waals surface area contributed by atoms with Crippen molar-refractivity contribution in [2.45, 2.75) is 39.2 Å². The van der Waals surface area contributed by atoms with E-state index in [-0.39, 0.29) is 16.5 Å². The van der Waals surface area contributed by atoms with Crippen molar-refractivity contribution in [2.75, 3.05) is 6.54 Å². The van der Waals surface area contributed by atoms with Crippen molar-refractivity contribution in [1.29, 1.82) is 0 Å². The molecule has 1 aromatic heterocycles. The molecule has 0 bridgehead atoms. The van der Waals surface area contributed by atoms with E-state index >= 15 is 0 Å². The molecular weight excluding hydrogens is 266 g/mol. The first-order valence-electron chi connectivity index (χ1n) is 6.31. The summed E-state index contributed by atoms with van der Waals surface area (Å²) in [5.41, 5.74) is 0. The molecule has 6 heteroatoms. The molecule has 106 valence electrons. The molecule has 0 aliphatic heterocycles. The number of ether oxygens (including phenoxy) is 1. The smallest absolute Gasteiger partial charge is 0.349 e. The lowest BCUT2D eigenvalue weighted by Crippen LogP contribution is -2.36. The molecule has 1 atom stereocenters. The Morgan fingerprint density at radius 3 is 2.84 bits per heavy atom. The van der Waals surface area contributed by atoms with E-state index in [2.05, 4.69) is 12.2 Å². The minimum absolute atomic E-state index is 0.116. The van der Waals surface area contributed by atoms with E-state index in [1.165, 1.54) is 0 Å². The zero-order chi connectivity index (χ0) is 14.3. The normalized spacial score (nSPS) is 11.9. The van der Waals surface area contributed by atoms with Gasteiger partial charge in [0.1, 0.15) is 5.75 Å². The van der Waals surface area contributed by atoms with Gasteiger partial charge in [-0.15, -0.1) is 11.3 Å². The van der Waals surface area contributed by atoms with Gasteiger partial charge >= 0.3 is 5.97 Å². The van der Waals surface area contributed by atoms with Crippen molar-refractivity contribution in [1.82, 2.24) is 5.32 Å². The van der Waals surface area contributed by atoms with Crippen molar-refractivity contribution >= 4 is 23.2 Å².